The number of fused-ring (bicyclic) bond motifs is 1. The Balaban J connectivity index is 1.91. The van der Waals surface area contributed by atoms with Crippen molar-refractivity contribution in [1.29, 1.82) is 0 Å². The summed E-state index contributed by atoms with van der Waals surface area (Å²) in [4.78, 5) is 0. The Hall–Kier alpha value is -0.800. The number of rotatable bonds is 3. The van der Waals surface area contributed by atoms with Crippen molar-refractivity contribution in [2.24, 2.45) is 11.7 Å². The van der Waals surface area contributed by atoms with E-state index in [1.54, 1.807) is 0 Å². The molecule has 0 radical (unpaired) electrons. The van der Waals surface area contributed by atoms with E-state index in [1.165, 1.54) is 12.8 Å². The molecule has 2 N–H and O–H groups in total. The zero-order valence-corrected chi connectivity index (χ0v) is 10.5. The van der Waals surface area contributed by atoms with Gasteiger partial charge in [0, 0.05) is 9.86 Å². The fourth-order valence-electron chi connectivity index (χ4n) is 2.05. The van der Waals surface area contributed by atoms with Crippen LogP contribution >= 0.6 is 15.9 Å². The molecule has 1 atom stereocenters. The van der Waals surface area contributed by atoms with Crippen LogP contribution in [-0.4, -0.2) is 0 Å². The zero-order valence-electron chi connectivity index (χ0n) is 8.95. The summed E-state index contributed by atoms with van der Waals surface area (Å²) in [6, 6.07) is 8.15. The van der Waals surface area contributed by atoms with Gasteiger partial charge < -0.3 is 10.2 Å². The molecule has 0 spiro atoms. The van der Waals surface area contributed by atoms with Gasteiger partial charge in [-0.05, 0) is 36.6 Å². The van der Waals surface area contributed by atoms with E-state index >= 15 is 0 Å². The highest BCUT2D eigenvalue weighted by Crippen LogP contribution is 2.37. The smallest absolute Gasteiger partial charge is 0.134 e. The first-order valence-electron chi connectivity index (χ1n) is 5.67. The molecular weight excluding hydrogens is 266 g/mol. The minimum absolute atomic E-state index is 0.0543. The lowest BCUT2D eigenvalue weighted by Gasteiger charge is -2.06. The van der Waals surface area contributed by atoms with Gasteiger partial charge in [-0.25, -0.2) is 0 Å². The van der Waals surface area contributed by atoms with Gasteiger partial charge in [-0.15, -0.1) is 0 Å². The molecule has 1 aliphatic carbocycles. The predicted molar refractivity (Wildman–Crippen MR) is 68.2 cm³/mol. The number of hydrogen-bond acceptors (Lipinski definition) is 2. The molecule has 0 saturated heterocycles. The Morgan fingerprint density at radius 3 is 2.94 bits per heavy atom. The van der Waals surface area contributed by atoms with E-state index < -0.39 is 0 Å². The standard InChI is InChI=1S/C13H14BrNO/c14-10-3-4-12-9(6-10)7-13(16-12)11(15)5-8-1-2-8/h3-4,6-8,11H,1-2,5,15H2. The number of hydrogen-bond donors (Lipinski definition) is 1. The number of nitrogens with two attached hydrogens (primary N) is 1. The summed E-state index contributed by atoms with van der Waals surface area (Å²) in [5, 5.41) is 1.12. The highest BCUT2D eigenvalue weighted by atomic mass is 79.9. The van der Waals surface area contributed by atoms with Gasteiger partial charge >= 0.3 is 0 Å². The number of halogens is 1. The summed E-state index contributed by atoms with van der Waals surface area (Å²) < 4.78 is 6.84. The molecule has 84 valence electrons. The third-order valence-electron chi connectivity index (χ3n) is 3.15. The molecule has 1 heterocycles. The molecule has 2 aromatic rings. The summed E-state index contributed by atoms with van der Waals surface area (Å²) in [5.41, 5.74) is 7.05. The maximum atomic E-state index is 6.13. The van der Waals surface area contributed by atoms with Crippen LogP contribution in [-0.2, 0) is 0 Å². The SMILES string of the molecule is NC(CC1CC1)c1cc2cc(Br)ccc2o1. The molecule has 1 fully saturated rings. The topological polar surface area (TPSA) is 39.2 Å². The molecule has 0 bridgehead atoms. The molecule has 3 rings (SSSR count). The van der Waals surface area contributed by atoms with Crippen LogP contribution in [0.25, 0.3) is 11.0 Å². The second-order valence-electron chi connectivity index (χ2n) is 4.62. The Bertz CT molecular complexity index is 516. The quantitative estimate of drug-likeness (QED) is 0.923. The second kappa shape index (κ2) is 3.90. The van der Waals surface area contributed by atoms with Crippen LogP contribution in [0.4, 0.5) is 0 Å². The van der Waals surface area contributed by atoms with Crippen LogP contribution in [0.1, 0.15) is 31.1 Å². The van der Waals surface area contributed by atoms with E-state index in [0.717, 1.165) is 33.5 Å². The van der Waals surface area contributed by atoms with E-state index in [2.05, 4.69) is 28.1 Å². The first kappa shape index (κ1) is 10.4. The van der Waals surface area contributed by atoms with Gasteiger partial charge in [0.15, 0.2) is 0 Å². The van der Waals surface area contributed by atoms with Gasteiger partial charge in [0.25, 0.3) is 0 Å². The largest absolute Gasteiger partial charge is 0.459 e. The monoisotopic (exact) mass is 279 g/mol. The summed E-state index contributed by atoms with van der Waals surface area (Å²) in [6.45, 7) is 0. The van der Waals surface area contributed by atoms with E-state index in [4.69, 9.17) is 10.2 Å². The first-order chi connectivity index (χ1) is 7.72. The molecule has 1 unspecified atom stereocenters. The van der Waals surface area contributed by atoms with Gasteiger partial charge in [-0.1, -0.05) is 28.8 Å². The molecule has 16 heavy (non-hydrogen) atoms. The van der Waals surface area contributed by atoms with E-state index in [1.807, 2.05) is 12.1 Å². The van der Waals surface area contributed by atoms with Crippen LogP contribution in [0.5, 0.6) is 0 Å². The predicted octanol–water partition coefficient (Wildman–Crippen LogP) is 4.00. The van der Waals surface area contributed by atoms with E-state index in [9.17, 15) is 0 Å². The Morgan fingerprint density at radius 2 is 2.19 bits per heavy atom. The average molecular weight is 280 g/mol. The Morgan fingerprint density at radius 1 is 1.38 bits per heavy atom. The van der Waals surface area contributed by atoms with Crippen LogP contribution in [0.15, 0.2) is 33.2 Å². The molecule has 0 amide bonds. The number of benzene rings is 1. The summed E-state index contributed by atoms with van der Waals surface area (Å²) in [7, 11) is 0. The Labute approximate surface area is 103 Å². The van der Waals surface area contributed by atoms with Crippen molar-refractivity contribution in [3.8, 4) is 0 Å². The van der Waals surface area contributed by atoms with Gasteiger partial charge in [0.1, 0.15) is 11.3 Å². The van der Waals surface area contributed by atoms with E-state index in [0.29, 0.717) is 0 Å². The fourth-order valence-corrected chi connectivity index (χ4v) is 2.43. The van der Waals surface area contributed by atoms with Crippen molar-refractivity contribution in [3.05, 3.63) is 34.5 Å². The normalized spacial score (nSPS) is 17.9. The van der Waals surface area contributed by atoms with Crippen LogP contribution in [0.2, 0.25) is 0 Å². The van der Waals surface area contributed by atoms with Crippen molar-refractivity contribution in [3.63, 3.8) is 0 Å². The summed E-state index contributed by atoms with van der Waals surface area (Å²) in [5.74, 6) is 1.75. The Kier molecular flexibility index (Phi) is 2.52. The molecule has 1 aliphatic rings. The third-order valence-corrected chi connectivity index (χ3v) is 3.64. The van der Waals surface area contributed by atoms with Crippen LogP contribution < -0.4 is 5.73 Å². The first-order valence-corrected chi connectivity index (χ1v) is 6.46. The lowest BCUT2D eigenvalue weighted by Crippen LogP contribution is -2.09. The van der Waals surface area contributed by atoms with Gasteiger partial charge in [0.05, 0.1) is 6.04 Å². The molecule has 1 aromatic carbocycles. The molecule has 1 aromatic heterocycles. The maximum Gasteiger partial charge on any atom is 0.134 e. The summed E-state index contributed by atoms with van der Waals surface area (Å²) in [6.07, 6.45) is 3.72. The van der Waals surface area contributed by atoms with Crippen molar-refractivity contribution in [2.45, 2.75) is 25.3 Å². The minimum atomic E-state index is 0.0543. The fraction of sp³-hybridized carbons (Fsp3) is 0.385. The molecule has 1 saturated carbocycles. The van der Waals surface area contributed by atoms with Gasteiger partial charge in [-0.3, -0.25) is 0 Å². The average Bonchev–Trinajstić information content (AvgIpc) is 2.95. The van der Waals surface area contributed by atoms with Crippen LogP contribution in [0.3, 0.4) is 0 Å². The number of furan rings is 1. The lowest BCUT2D eigenvalue weighted by molar-refractivity contribution is 0.463. The highest BCUT2D eigenvalue weighted by Gasteiger charge is 2.25. The van der Waals surface area contributed by atoms with Crippen molar-refractivity contribution >= 4 is 26.9 Å². The molecule has 3 heteroatoms. The molecular formula is C13H14BrNO. The summed E-state index contributed by atoms with van der Waals surface area (Å²) >= 11 is 3.46. The maximum absolute atomic E-state index is 6.13. The van der Waals surface area contributed by atoms with Gasteiger partial charge in [0.2, 0.25) is 0 Å². The van der Waals surface area contributed by atoms with Crippen molar-refractivity contribution < 1.29 is 4.42 Å². The van der Waals surface area contributed by atoms with Crippen molar-refractivity contribution in [2.75, 3.05) is 0 Å². The highest BCUT2D eigenvalue weighted by molar-refractivity contribution is 9.10. The lowest BCUT2D eigenvalue weighted by atomic mass is 10.1. The minimum Gasteiger partial charge on any atom is -0.459 e. The van der Waals surface area contributed by atoms with Crippen molar-refractivity contribution in [1.82, 2.24) is 0 Å². The molecule has 2 nitrogen and oxygen atoms in total. The van der Waals surface area contributed by atoms with Crippen LogP contribution in [0, 0.1) is 5.92 Å². The van der Waals surface area contributed by atoms with E-state index in [-0.39, 0.29) is 6.04 Å². The van der Waals surface area contributed by atoms with Gasteiger partial charge in [-0.2, -0.15) is 0 Å². The second-order valence-corrected chi connectivity index (χ2v) is 5.53. The molecule has 0 aliphatic heterocycles. The third kappa shape index (κ3) is 2.02. The zero-order chi connectivity index (χ0) is 11.1.